The molecule has 0 atom stereocenters. The van der Waals surface area contributed by atoms with Crippen LogP contribution in [-0.2, 0) is 15.0 Å². The van der Waals surface area contributed by atoms with Gasteiger partial charge in [-0.3, -0.25) is 9.52 Å². The summed E-state index contributed by atoms with van der Waals surface area (Å²) in [6.45, 7) is 0.743. The number of carboxylic acids is 1. The van der Waals surface area contributed by atoms with Crippen LogP contribution >= 0.6 is 0 Å². The van der Waals surface area contributed by atoms with Crippen LogP contribution in [0.2, 0.25) is 0 Å². The van der Waals surface area contributed by atoms with Crippen LogP contribution in [0.25, 0.3) is 0 Å². The average molecular weight is 316 g/mol. The molecule has 0 radical (unpaired) electrons. The van der Waals surface area contributed by atoms with Gasteiger partial charge in [-0.1, -0.05) is 0 Å². The Labute approximate surface area is 122 Å². The molecule has 0 aliphatic carbocycles. The molecule has 1 aromatic carbocycles. The van der Waals surface area contributed by atoms with E-state index in [0.717, 1.165) is 4.31 Å². The number of hydrogen-bond donors (Lipinski definition) is 2. The van der Waals surface area contributed by atoms with Gasteiger partial charge in [0.05, 0.1) is 12.1 Å². The normalized spacial score (nSPS) is 14.0. The van der Waals surface area contributed by atoms with Crippen LogP contribution in [0.3, 0.4) is 0 Å². The van der Waals surface area contributed by atoms with Gasteiger partial charge in [-0.2, -0.15) is 12.7 Å². The Bertz CT molecular complexity index is 631. The molecule has 1 aliphatic heterocycles. The van der Waals surface area contributed by atoms with Crippen LogP contribution in [-0.4, -0.2) is 50.6 Å². The van der Waals surface area contributed by atoms with Crippen molar-refractivity contribution in [2.24, 2.45) is 0 Å². The molecule has 0 aromatic heterocycles. The van der Waals surface area contributed by atoms with Gasteiger partial charge in [0.2, 0.25) is 0 Å². The average Bonchev–Trinajstić information content (AvgIpc) is 2.44. The molecule has 2 N–H and O–H groups in total. The number of ether oxygens (including phenoxy) is 2. The molecular formula is C12H16N2O6S. The molecule has 1 heterocycles. The van der Waals surface area contributed by atoms with Gasteiger partial charge in [0.1, 0.15) is 13.2 Å². The number of rotatable bonds is 6. The number of anilines is 1. The first-order chi connectivity index (χ1) is 9.88. The van der Waals surface area contributed by atoms with Crippen LogP contribution in [0.1, 0.15) is 6.42 Å². The number of nitrogens with zero attached hydrogens (tertiary/aromatic N) is 1. The van der Waals surface area contributed by atoms with Crippen molar-refractivity contribution in [2.75, 3.05) is 31.5 Å². The third kappa shape index (κ3) is 3.99. The van der Waals surface area contributed by atoms with Gasteiger partial charge >= 0.3 is 16.2 Å². The van der Waals surface area contributed by atoms with E-state index in [9.17, 15) is 13.2 Å². The fourth-order valence-corrected chi connectivity index (χ4v) is 2.62. The quantitative estimate of drug-likeness (QED) is 0.793. The van der Waals surface area contributed by atoms with Crippen molar-refractivity contribution < 1.29 is 27.8 Å². The minimum Gasteiger partial charge on any atom is -0.486 e. The van der Waals surface area contributed by atoms with Crippen molar-refractivity contribution in [1.29, 1.82) is 0 Å². The smallest absolute Gasteiger partial charge is 0.304 e. The summed E-state index contributed by atoms with van der Waals surface area (Å²) in [5.41, 5.74) is 0.321. The number of nitrogens with one attached hydrogen (secondary N) is 1. The molecule has 0 amide bonds. The van der Waals surface area contributed by atoms with Crippen molar-refractivity contribution in [3.63, 3.8) is 0 Å². The van der Waals surface area contributed by atoms with E-state index in [-0.39, 0.29) is 13.0 Å². The summed E-state index contributed by atoms with van der Waals surface area (Å²) in [5.74, 6) is -0.0329. The van der Waals surface area contributed by atoms with Crippen LogP contribution in [0.5, 0.6) is 11.5 Å². The molecule has 0 saturated carbocycles. The Morgan fingerprint density at radius 2 is 2.00 bits per heavy atom. The zero-order valence-electron chi connectivity index (χ0n) is 11.4. The van der Waals surface area contributed by atoms with Crippen molar-refractivity contribution in [1.82, 2.24) is 4.31 Å². The first-order valence-corrected chi connectivity index (χ1v) is 7.68. The van der Waals surface area contributed by atoms with Gasteiger partial charge in [0.25, 0.3) is 0 Å². The van der Waals surface area contributed by atoms with Crippen LogP contribution < -0.4 is 14.2 Å². The number of carboxylic acid groups (broad SMARTS) is 1. The van der Waals surface area contributed by atoms with E-state index in [2.05, 4.69) is 4.72 Å². The van der Waals surface area contributed by atoms with E-state index in [1.165, 1.54) is 13.1 Å². The maximum Gasteiger partial charge on any atom is 0.304 e. The second-order valence-electron chi connectivity index (χ2n) is 4.43. The number of fused-ring (bicyclic) bond motifs is 1. The highest BCUT2D eigenvalue weighted by Crippen LogP contribution is 2.32. The second kappa shape index (κ2) is 6.19. The molecule has 1 aromatic rings. The maximum absolute atomic E-state index is 12.0. The molecular weight excluding hydrogens is 300 g/mol. The highest BCUT2D eigenvalue weighted by molar-refractivity contribution is 7.90. The highest BCUT2D eigenvalue weighted by Gasteiger charge is 2.20. The summed E-state index contributed by atoms with van der Waals surface area (Å²) in [5, 5.41) is 8.58. The molecule has 2 rings (SSSR count). The van der Waals surface area contributed by atoms with Crippen LogP contribution in [0.15, 0.2) is 18.2 Å². The Hall–Kier alpha value is -2.00. The topological polar surface area (TPSA) is 105 Å². The molecule has 116 valence electrons. The summed E-state index contributed by atoms with van der Waals surface area (Å²) >= 11 is 0. The van der Waals surface area contributed by atoms with E-state index in [1.807, 2.05) is 0 Å². The SMILES string of the molecule is CN(CCC(=O)O)S(=O)(=O)Nc1ccc2c(c1)OCCO2. The lowest BCUT2D eigenvalue weighted by Gasteiger charge is -2.21. The lowest BCUT2D eigenvalue weighted by molar-refractivity contribution is -0.137. The summed E-state index contributed by atoms with van der Waals surface area (Å²) in [4.78, 5) is 10.5. The van der Waals surface area contributed by atoms with Gasteiger partial charge < -0.3 is 14.6 Å². The fraction of sp³-hybridized carbons (Fsp3) is 0.417. The number of hydrogen-bond acceptors (Lipinski definition) is 5. The van der Waals surface area contributed by atoms with Gasteiger partial charge in [-0.15, -0.1) is 0 Å². The molecule has 0 unspecified atom stereocenters. The number of carbonyl (C=O) groups is 1. The monoisotopic (exact) mass is 316 g/mol. The predicted octanol–water partition coefficient (Wildman–Crippen LogP) is 0.521. The molecule has 0 bridgehead atoms. The van der Waals surface area contributed by atoms with Crippen molar-refractivity contribution in [3.05, 3.63) is 18.2 Å². The van der Waals surface area contributed by atoms with Crippen LogP contribution in [0, 0.1) is 0 Å². The molecule has 8 nitrogen and oxygen atoms in total. The van der Waals surface area contributed by atoms with E-state index in [4.69, 9.17) is 14.6 Å². The predicted molar refractivity (Wildman–Crippen MR) is 74.9 cm³/mol. The zero-order valence-corrected chi connectivity index (χ0v) is 12.2. The zero-order chi connectivity index (χ0) is 15.5. The minimum absolute atomic E-state index is 0.116. The van der Waals surface area contributed by atoms with E-state index in [1.54, 1.807) is 12.1 Å². The van der Waals surface area contributed by atoms with Crippen molar-refractivity contribution >= 4 is 21.9 Å². The van der Waals surface area contributed by atoms with Crippen LogP contribution in [0.4, 0.5) is 5.69 Å². The molecule has 1 aliphatic rings. The molecule has 0 fully saturated rings. The number of benzene rings is 1. The second-order valence-corrected chi connectivity index (χ2v) is 6.21. The summed E-state index contributed by atoms with van der Waals surface area (Å²) in [6.07, 6.45) is -0.265. The van der Waals surface area contributed by atoms with Gasteiger partial charge in [0.15, 0.2) is 11.5 Å². The molecule has 9 heteroatoms. The first kappa shape index (κ1) is 15.4. The Kier molecular flexibility index (Phi) is 4.53. The third-order valence-electron chi connectivity index (χ3n) is 2.84. The largest absolute Gasteiger partial charge is 0.486 e. The molecule has 0 saturated heterocycles. The Morgan fingerprint density at radius 3 is 2.67 bits per heavy atom. The Balaban J connectivity index is 2.07. The maximum atomic E-state index is 12.0. The highest BCUT2D eigenvalue weighted by atomic mass is 32.2. The lowest BCUT2D eigenvalue weighted by Crippen LogP contribution is -2.34. The minimum atomic E-state index is -3.81. The van der Waals surface area contributed by atoms with E-state index < -0.39 is 16.2 Å². The summed E-state index contributed by atoms with van der Waals surface area (Å²) in [7, 11) is -2.50. The first-order valence-electron chi connectivity index (χ1n) is 6.24. The number of aliphatic carboxylic acids is 1. The third-order valence-corrected chi connectivity index (χ3v) is 4.34. The van der Waals surface area contributed by atoms with Gasteiger partial charge in [0, 0.05) is 19.7 Å². The van der Waals surface area contributed by atoms with Crippen molar-refractivity contribution in [2.45, 2.75) is 6.42 Å². The Morgan fingerprint density at radius 1 is 1.33 bits per heavy atom. The lowest BCUT2D eigenvalue weighted by atomic mass is 10.3. The van der Waals surface area contributed by atoms with Gasteiger partial charge in [-0.25, -0.2) is 0 Å². The molecule has 21 heavy (non-hydrogen) atoms. The fourth-order valence-electron chi connectivity index (χ4n) is 1.71. The standard InChI is InChI=1S/C12H16N2O6S/c1-14(5-4-12(15)16)21(17,18)13-9-2-3-10-11(8-9)20-7-6-19-10/h2-3,8,13H,4-7H2,1H3,(H,15,16). The van der Waals surface area contributed by atoms with E-state index >= 15 is 0 Å². The van der Waals surface area contributed by atoms with E-state index in [0.29, 0.717) is 30.4 Å². The summed E-state index contributed by atoms with van der Waals surface area (Å²) < 4.78 is 38.1. The molecule has 0 spiro atoms. The van der Waals surface area contributed by atoms with Crippen molar-refractivity contribution in [3.8, 4) is 11.5 Å². The van der Waals surface area contributed by atoms with Gasteiger partial charge in [-0.05, 0) is 12.1 Å². The summed E-state index contributed by atoms with van der Waals surface area (Å²) in [6, 6.07) is 4.69.